The van der Waals surface area contributed by atoms with E-state index >= 15 is 0 Å². The van der Waals surface area contributed by atoms with Crippen LogP contribution in [0.5, 0.6) is 0 Å². The Labute approximate surface area is 148 Å². The number of morpholine rings is 1. The van der Waals surface area contributed by atoms with Gasteiger partial charge >= 0.3 is 0 Å². The van der Waals surface area contributed by atoms with Gasteiger partial charge in [0.1, 0.15) is 0 Å². The molecule has 1 heterocycles. The highest BCUT2D eigenvalue weighted by Gasteiger charge is 2.22. The van der Waals surface area contributed by atoms with Crippen LogP contribution in [0.2, 0.25) is 0 Å². The minimum Gasteiger partial charge on any atom is -0.379 e. The topological polar surface area (TPSA) is 58.1 Å². The molecule has 1 aliphatic heterocycles. The summed E-state index contributed by atoms with van der Waals surface area (Å²) in [5, 5.41) is 6.86. The minimum atomic E-state index is 0.299. The second kappa shape index (κ2) is 12.5. The smallest absolute Gasteiger partial charge is 0.191 e. The Hall–Kier alpha value is -0.850. The first-order valence-electron chi connectivity index (χ1n) is 9.40. The Morgan fingerprint density at radius 3 is 2.46 bits per heavy atom. The van der Waals surface area contributed by atoms with Gasteiger partial charge in [0.15, 0.2) is 5.96 Å². The number of aliphatic imine (C=N–C) groups is 1. The Morgan fingerprint density at radius 1 is 1.17 bits per heavy atom. The van der Waals surface area contributed by atoms with Gasteiger partial charge in [-0.1, -0.05) is 13.8 Å². The molecule has 24 heavy (non-hydrogen) atoms. The van der Waals surface area contributed by atoms with E-state index in [9.17, 15) is 0 Å². The molecule has 2 N–H and O–H groups in total. The maximum absolute atomic E-state index is 5.56. The zero-order valence-electron chi connectivity index (χ0n) is 16.3. The number of hydrogen-bond donors (Lipinski definition) is 2. The zero-order valence-corrected chi connectivity index (χ0v) is 16.3. The third-order valence-electron chi connectivity index (χ3n) is 4.10. The summed E-state index contributed by atoms with van der Waals surface area (Å²) in [6, 6.07) is 0.525. The fraction of sp³-hybridized carbons (Fsp3) is 0.944. The van der Waals surface area contributed by atoms with E-state index in [-0.39, 0.29) is 0 Å². The summed E-state index contributed by atoms with van der Waals surface area (Å²) >= 11 is 0. The molecule has 0 bridgehead atoms. The van der Waals surface area contributed by atoms with Crippen molar-refractivity contribution in [3.63, 3.8) is 0 Å². The lowest BCUT2D eigenvalue weighted by atomic mass is 10.0. The monoisotopic (exact) mass is 342 g/mol. The highest BCUT2D eigenvalue weighted by Crippen LogP contribution is 2.12. The fourth-order valence-electron chi connectivity index (χ4n) is 2.88. The number of nitrogens with zero attached hydrogens (tertiary/aromatic N) is 2. The van der Waals surface area contributed by atoms with Crippen LogP contribution < -0.4 is 10.6 Å². The number of nitrogens with one attached hydrogen (secondary N) is 2. The quantitative estimate of drug-likeness (QED) is 0.360. The molecule has 0 aromatic carbocycles. The number of hydrogen-bond acceptors (Lipinski definition) is 4. The van der Waals surface area contributed by atoms with Crippen molar-refractivity contribution < 1.29 is 9.47 Å². The van der Waals surface area contributed by atoms with Crippen LogP contribution in [-0.4, -0.2) is 76.1 Å². The highest BCUT2D eigenvalue weighted by molar-refractivity contribution is 5.79. The van der Waals surface area contributed by atoms with Gasteiger partial charge in [0.05, 0.1) is 19.3 Å². The van der Waals surface area contributed by atoms with E-state index in [4.69, 9.17) is 9.47 Å². The number of rotatable bonds is 10. The van der Waals surface area contributed by atoms with Crippen LogP contribution in [0.1, 0.15) is 40.5 Å². The maximum atomic E-state index is 5.56. The van der Waals surface area contributed by atoms with Crippen LogP contribution in [0, 0.1) is 5.92 Å². The molecule has 0 aromatic heterocycles. The lowest BCUT2D eigenvalue weighted by Gasteiger charge is -2.35. The van der Waals surface area contributed by atoms with E-state index in [1.807, 2.05) is 7.05 Å². The van der Waals surface area contributed by atoms with Gasteiger partial charge in [0.25, 0.3) is 0 Å². The molecule has 142 valence electrons. The third-order valence-corrected chi connectivity index (χ3v) is 4.10. The largest absolute Gasteiger partial charge is 0.379 e. The summed E-state index contributed by atoms with van der Waals surface area (Å²) in [7, 11) is 1.83. The zero-order chi connectivity index (χ0) is 17.8. The maximum Gasteiger partial charge on any atom is 0.191 e. The summed E-state index contributed by atoms with van der Waals surface area (Å²) < 4.78 is 11.0. The Kier molecular flexibility index (Phi) is 11.0. The van der Waals surface area contributed by atoms with Crippen molar-refractivity contribution in [3.05, 3.63) is 0 Å². The molecule has 0 amide bonds. The summed E-state index contributed by atoms with van der Waals surface area (Å²) in [5.41, 5.74) is 0. The molecule has 0 aliphatic carbocycles. The second-order valence-electron chi connectivity index (χ2n) is 7.08. The second-order valence-corrected chi connectivity index (χ2v) is 7.08. The van der Waals surface area contributed by atoms with Gasteiger partial charge in [0, 0.05) is 45.9 Å². The first kappa shape index (κ1) is 21.2. The van der Waals surface area contributed by atoms with Crippen LogP contribution in [0.4, 0.5) is 0 Å². The minimum absolute atomic E-state index is 0.299. The Bertz CT molecular complexity index is 342. The molecular formula is C18H38N4O2. The van der Waals surface area contributed by atoms with Crippen molar-refractivity contribution in [2.75, 3.05) is 53.0 Å². The summed E-state index contributed by atoms with van der Waals surface area (Å²) in [4.78, 5) is 6.87. The van der Waals surface area contributed by atoms with E-state index in [2.05, 4.69) is 48.2 Å². The highest BCUT2D eigenvalue weighted by atomic mass is 16.5. The van der Waals surface area contributed by atoms with Crippen LogP contribution >= 0.6 is 0 Å². The molecule has 6 nitrogen and oxygen atoms in total. The molecular weight excluding hydrogens is 304 g/mol. The molecule has 1 unspecified atom stereocenters. The van der Waals surface area contributed by atoms with Crippen molar-refractivity contribution in [2.45, 2.75) is 52.7 Å². The SMILES string of the molecule is CN=C(NCCCOC(C)C)NCC(CC(C)C)N1CCOCC1. The van der Waals surface area contributed by atoms with Crippen LogP contribution in [-0.2, 0) is 9.47 Å². The van der Waals surface area contributed by atoms with E-state index < -0.39 is 0 Å². The van der Waals surface area contributed by atoms with Crippen LogP contribution in [0.25, 0.3) is 0 Å². The lowest BCUT2D eigenvalue weighted by molar-refractivity contribution is 0.0132. The molecule has 1 aliphatic rings. The fourth-order valence-corrected chi connectivity index (χ4v) is 2.88. The third kappa shape index (κ3) is 9.45. The van der Waals surface area contributed by atoms with Gasteiger partial charge in [-0.3, -0.25) is 9.89 Å². The Morgan fingerprint density at radius 2 is 1.88 bits per heavy atom. The normalized spacial score (nSPS) is 18.2. The van der Waals surface area contributed by atoms with Gasteiger partial charge in [-0.25, -0.2) is 0 Å². The molecule has 0 spiro atoms. The van der Waals surface area contributed by atoms with E-state index in [1.165, 1.54) is 6.42 Å². The van der Waals surface area contributed by atoms with Crippen molar-refractivity contribution >= 4 is 5.96 Å². The van der Waals surface area contributed by atoms with Crippen molar-refractivity contribution in [1.82, 2.24) is 15.5 Å². The summed E-state index contributed by atoms with van der Waals surface area (Å²) in [5.74, 6) is 1.56. The molecule has 1 saturated heterocycles. The molecule has 0 saturated carbocycles. The van der Waals surface area contributed by atoms with Crippen LogP contribution in [0.3, 0.4) is 0 Å². The Balaban J connectivity index is 2.33. The number of ether oxygens (including phenoxy) is 2. The predicted molar refractivity (Wildman–Crippen MR) is 101 cm³/mol. The van der Waals surface area contributed by atoms with Gasteiger partial charge in [-0.15, -0.1) is 0 Å². The first-order valence-corrected chi connectivity index (χ1v) is 9.40. The average molecular weight is 343 g/mol. The van der Waals surface area contributed by atoms with Crippen molar-refractivity contribution in [1.29, 1.82) is 0 Å². The van der Waals surface area contributed by atoms with E-state index in [0.29, 0.717) is 18.1 Å². The lowest BCUT2D eigenvalue weighted by Crippen LogP contribution is -2.51. The first-order chi connectivity index (χ1) is 11.5. The average Bonchev–Trinajstić information content (AvgIpc) is 2.56. The summed E-state index contributed by atoms with van der Waals surface area (Å²) in [6.45, 7) is 15.0. The van der Waals surface area contributed by atoms with Gasteiger partial charge < -0.3 is 20.1 Å². The molecule has 1 atom stereocenters. The molecule has 0 aromatic rings. The van der Waals surface area contributed by atoms with Crippen LogP contribution in [0.15, 0.2) is 4.99 Å². The summed E-state index contributed by atoms with van der Waals surface area (Å²) in [6.07, 6.45) is 2.47. The van der Waals surface area contributed by atoms with Crippen molar-refractivity contribution in [2.24, 2.45) is 10.9 Å². The predicted octanol–water partition coefficient (Wildman–Crippen LogP) is 1.71. The standard InChI is InChI=1S/C18H38N4O2/c1-15(2)13-17(22-8-11-23-12-9-22)14-21-18(19-5)20-7-6-10-24-16(3)4/h15-17H,6-14H2,1-5H3,(H2,19,20,21). The van der Waals surface area contributed by atoms with Crippen molar-refractivity contribution in [3.8, 4) is 0 Å². The molecule has 6 heteroatoms. The van der Waals surface area contributed by atoms with Gasteiger partial charge in [0.2, 0.25) is 0 Å². The van der Waals surface area contributed by atoms with Gasteiger partial charge in [-0.05, 0) is 32.6 Å². The molecule has 1 rings (SSSR count). The van der Waals surface area contributed by atoms with Gasteiger partial charge in [-0.2, -0.15) is 0 Å². The van der Waals surface area contributed by atoms with E-state index in [0.717, 1.165) is 58.4 Å². The van der Waals surface area contributed by atoms with E-state index in [1.54, 1.807) is 0 Å². The molecule has 1 fully saturated rings. The molecule has 0 radical (unpaired) electrons. The number of guanidine groups is 1.